The van der Waals surface area contributed by atoms with E-state index in [1.165, 1.54) is 34.1 Å². The number of benzene rings is 6. The number of oxime groups is 1. The number of carbonyl (C=O) groups excluding carboxylic acids is 4. The summed E-state index contributed by atoms with van der Waals surface area (Å²) < 4.78 is 24.9. The van der Waals surface area contributed by atoms with E-state index in [0.717, 1.165) is 27.8 Å². The van der Waals surface area contributed by atoms with E-state index in [0.29, 0.717) is 22.0 Å². The first kappa shape index (κ1) is 56.0. The molecule has 0 bridgehead atoms. The topological polar surface area (TPSA) is 189 Å². The molecule has 2 atom stereocenters. The maximum absolute atomic E-state index is 14.7. The monoisotopic (exact) mass is 1130 g/mol. The standard InChI is InChI=1S/C64H58N6O10S2/c1-63(2,3)80-53(72)39-78-68-54(50-41-82-62(65-50)67-64(46-24-14-7-15-25-46,47-26-16-8-17-27-47)48-28-18-9-19-29-48)58(73)66-55-59(74)70-56(61(75)77-38-42-30-32-49(76-4)33-31-42)45(40-81-60(55)70)36-69-35-34-51(71)52(37-69)79-57(43-20-10-5-11-21-43)44-22-12-6-13-23-44/h5-35,37,41,55,57,60H,36,38-40H2,1-4H3,(H,65,67)(H,66,73)/b68-54-/t55-,60-/m1/s1. The van der Waals surface area contributed by atoms with Crippen LogP contribution in [0.25, 0.3) is 0 Å². The van der Waals surface area contributed by atoms with Crippen molar-refractivity contribution in [3.05, 3.63) is 260 Å². The second kappa shape index (κ2) is 25.0. The van der Waals surface area contributed by atoms with Gasteiger partial charge in [-0.25, -0.2) is 14.6 Å². The molecule has 0 aliphatic carbocycles. The zero-order chi connectivity index (χ0) is 57.2. The number of thioether (sulfide) groups is 1. The molecule has 16 nitrogen and oxygen atoms in total. The molecular weight excluding hydrogens is 1080 g/mol. The molecule has 10 rings (SSSR count). The molecule has 82 heavy (non-hydrogen) atoms. The van der Waals surface area contributed by atoms with Crippen molar-refractivity contribution in [3.8, 4) is 11.5 Å². The number of nitrogens with one attached hydrogen (secondary N) is 2. The number of thiazole rings is 1. The van der Waals surface area contributed by atoms with Crippen LogP contribution in [-0.2, 0) is 52.2 Å². The predicted molar refractivity (Wildman–Crippen MR) is 314 cm³/mol. The molecule has 6 aromatic carbocycles. The highest BCUT2D eigenvalue weighted by atomic mass is 32.2. The number of methoxy groups -OCH3 is 1. The minimum atomic E-state index is -1.15. The number of pyridine rings is 1. The smallest absolute Gasteiger partial charge is 0.355 e. The lowest BCUT2D eigenvalue weighted by atomic mass is 9.77. The Morgan fingerprint density at radius 3 is 1.89 bits per heavy atom. The number of hydrogen-bond donors (Lipinski definition) is 2. The number of rotatable bonds is 21. The molecule has 2 aromatic heterocycles. The van der Waals surface area contributed by atoms with Gasteiger partial charge < -0.3 is 39.0 Å². The molecule has 2 aliphatic rings. The van der Waals surface area contributed by atoms with Crippen LogP contribution < -0.4 is 25.5 Å². The highest BCUT2D eigenvalue weighted by Gasteiger charge is 2.55. The number of amides is 2. The van der Waals surface area contributed by atoms with Gasteiger partial charge in [0.2, 0.25) is 12.0 Å². The summed E-state index contributed by atoms with van der Waals surface area (Å²) in [7, 11) is 1.56. The Morgan fingerprint density at radius 2 is 1.33 bits per heavy atom. The van der Waals surface area contributed by atoms with Crippen molar-refractivity contribution in [3.63, 3.8) is 0 Å². The number of nitrogens with zero attached hydrogens (tertiary/aromatic N) is 4. The molecule has 2 aliphatic heterocycles. The number of aromatic nitrogens is 2. The number of fused-ring (bicyclic) bond motifs is 1. The van der Waals surface area contributed by atoms with Gasteiger partial charge in [0.05, 0.1) is 13.3 Å². The number of carbonyl (C=O) groups is 4. The molecule has 0 saturated carbocycles. The minimum absolute atomic E-state index is 0.00362. The average molecular weight is 1140 g/mol. The molecular formula is C64H58N6O10S2. The van der Waals surface area contributed by atoms with E-state index in [4.69, 9.17) is 28.8 Å². The van der Waals surface area contributed by atoms with Gasteiger partial charge in [-0.05, 0) is 71.9 Å². The summed E-state index contributed by atoms with van der Waals surface area (Å²) >= 11 is 2.56. The van der Waals surface area contributed by atoms with Gasteiger partial charge in [0, 0.05) is 29.9 Å². The average Bonchev–Trinajstić information content (AvgIpc) is 4.09. The van der Waals surface area contributed by atoms with E-state index >= 15 is 0 Å². The summed E-state index contributed by atoms with van der Waals surface area (Å²) in [5.41, 5.74) is 3.28. The molecule has 0 spiro atoms. The lowest BCUT2D eigenvalue weighted by molar-refractivity contribution is -0.160. The Bertz CT molecular complexity index is 3530. The quantitative estimate of drug-likeness (QED) is 0.0228. The van der Waals surface area contributed by atoms with Crippen molar-refractivity contribution >= 4 is 57.7 Å². The summed E-state index contributed by atoms with van der Waals surface area (Å²) in [5.74, 6) is -1.99. The zero-order valence-corrected chi connectivity index (χ0v) is 46.9. The normalized spacial score (nSPS) is 15.2. The maximum Gasteiger partial charge on any atom is 0.355 e. The van der Waals surface area contributed by atoms with Gasteiger partial charge in [0.15, 0.2) is 16.6 Å². The number of anilines is 1. The van der Waals surface area contributed by atoms with Crippen LogP contribution in [-0.4, -0.2) is 80.4 Å². The van der Waals surface area contributed by atoms with Crippen LogP contribution in [0.2, 0.25) is 0 Å². The van der Waals surface area contributed by atoms with Crippen LogP contribution in [0.5, 0.6) is 11.5 Å². The third kappa shape index (κ3) is 12.7. The van der Waals surface area contributed by atoms with Crippen LogP contribution in [0.4, 0.5) is 5.13 Å². The minimum Gasteiger partial charge on any atom is -0.497 e. The highest BCUT2D eigenvalue weighted by molar-refractivity contribution is 8.00. The second-order valence-electron chi connectivity index (χ2n) is 20.2. The molecule has 2 N–H and O–H groups in total. The maximum atomic E-state index is 14.7. The van der Waals surface area contributed by atoms with E-state index in [-0.39, 0.29) is 47.2 Å². The molecule has 416 valence electrons. The fourth-order valence-electron chi connectivity index (χ4n) is 9.67. The Labute approximate surface area is 482 Å². The number of hydrogen-bond acceptors (Lipinski definition) is 15. The molecule has 8 aromatic rings. The molecule has 18 heteroatoms. The lowest BCUT2D eigenvalue weighted by Crippen LogP contribution is -2.71. The van der Waals surface area contributed by atoms with Crippen LogP contribution in [0, 0.1) is 0 Å². The van der Waals surface area contributed by atoms with Gasteiger partial charge >= 0.3 is 11.9 Å². The number of esters is 2. The molecule has 2 amide bonds. The van der Waals surface area contributed by atoms with E-state index in [1.54, 1.807) is 74.5 Å². The number of ether oxygens (including phenoxy) is 4. The third-order valence-electron chi connectivity index (χ3n) is 13.5. The summed E-state index contributed by atoms with van der Waals surface area (Å²) in [6.45, 7) is 4.47. The first-order valence-electron chi connectivity index (χ1n) is 26.3. The van der Waals surface area contributed by atoms with Crippen molar-refractivity contribution in [1.29, 1.82) is 0 Å². The Kier molecular flexibility index (Phi) is 17.1. The summed E-state index contributed by atoms with van der Waals surface area (Å²) in [6, 6.07) is 56.2. The van der Waals surface area contributed by atoms with Crippen molar-refractivity contribution in [2.75, 3.05) is 24.8 Å². The Hall–Kier alpha value is -9.26. The van der Waals surface area contributed by atoms with Gasteiger partial charge in [0.25, 0.3) is 11.8 Å². The van der Waals surface area contributed by atoms with Crippen molar-refractivity contribution in [2.45, 2.75) is 62.6 Å². The fourth-order valence-corrected chi connectivity index (χ4v) is 11.8. The van der Waals surface area contributed by atoms with E-state index < -0.39 is 59.0 Å². The van der Waals surface area contributed by atoms with E-state index in [1.807, 2.05) is 152 Å². The zero-order valence-electron chi connectivity index (χ0n) is 45.3. The van der Waals surface area contributed by atoms with Crippen LogP contribution in [0.3, 0.4) is 0 Å². The summed E-state index contributed by atoms with van der Waals surface area (Å²) in [5, 5.41) is 12.0. The first-order valence-corrected chi connectivity index (χ1v) is 28.3. The summed E-state index contributed by atoms with van der Waals surface area (Å²) in [4.78, 5) is 82.0. The molecule has 1 fully saturated rings. The second-order valence-corrected chi connectivity index (χ2v) is 22.2. The summed E-state index contributed by atoms with van der Waals surface area (Å²) in [6.07, 6.45) is 2.57. The molecule has 1 saturated heterocycles. The Morgan fingerprint density at radius 1 is 0.756 bits per heavy atom. The predicted octanol–water partition coefficient (Wildman–Crippen LogP) is 10.0. The molecule has 4 heterocycles. The van der Waals surface area contributed by atoms with E-state index in [2.05, 4.69) is 15.8 Å². The molecule has 0 radical (unpaired) electrons. The fraction of sp³-hybridized carbons (Fsp3) is 0.203. The van der Waals surface area contributed by atoms with Crippen LogP contribution in [0.1, 0.15) is 65.9 Å². The highest BCUT2D eigenvalue weighted by Crippen LogP contribution is 2.43. The molecule has 0 unspecified atom stereocenters. The SMILES string of the molecule is COc1ccc(COC(=O)C2=C(Cn3ccc(=O)c(OC(c4ccccc4)c4ccccc4)c3)CS[C@@H]3[C@H](NC(=O)/C(=N\OCC(=O)OC(C)(C)C)c4csc(NC(c5ccccc5)(c5ccccc5)c5ccccc5)n4)C(=O)N23)cc1. The van der Waals surface area contributed by atoms with Crippen LogP contribution >= 0.6 is 23.1 Å². The Balaban J connectivity index is 0.946. The van der Waals surface area contributed by atoms with Crippen molar-refractivity contribution < 1.29 is 43.0 Å². The first-order chi connectivity index (χ1) is 39.8. The van der Waals surface area contributed by atoms with Gasteiger partial charge in [0.1, 0.15) is 52.4 Å². The lowest BCUT2D eigenvalue weighted by Gasteiger charge is -2.49. The van der Waals surface area contributed by atoms with Gasteiger partial charge in [-0.2, -0.15) is 0 Å². The third-order valence-corrected chi connectivity index (χ3v) is 15.6. The number of β-lactam (4-membered cyclic amide) rings is 1. The van der Waals surface area contributed by atoms with Gasteiger partial charge in [-0.3, -0.25) is 19.3 Å². The van der Waals surface area contributed by atoms with Crippen molar-refractivity contribution in [1.82, 2.24) is 19.8 Å². The van der Waals surface area contributed by atoms with E-state index in [9.17, 15) is 24.0 Å². The van der Waals surface area contributed by atoms with Crippen molar-refractivity contribution in [2.24, 2.45) is 5.16 Å². The van der Waals surface area contributed by atoms with Gasteiger partial charge in [-0.15, -0.1) is 23.1 Å². The van der Waals surface area contributed by atoms with Crippen LogP contribution in [0.15, 0.2) is 221 Å². The largest absolute Gasteiger partial charge is 0.497 e. The van der Waals surface area contributed by atoms with Gasteiger partial charge in [-0.1, -0.05) is 169 Å².